The molecule has 0 aliphatic rings. The molecule has 5 nitrogen and oxygen atoms in total. The molecule has 114 valence electrons. The lowest BCUT2D eigenvalue weighted by atomic mass is 10.0. The minimum absolute atomic E-state index is 0.254. The van der Waals surface area contributed by atoms with Crippen LogP contribution in [0, 0.1) is 5.92 Å². The van der Waals surface area contributed by atoms with E-state index in [2.05, 4.69) is 23.8 Å². The van der Waals surface area contributed by atoms with Gasteiger partial charge in [0.05, 0.1) is 18.8 Å². The molecule has 2 aromatic rings. The van der Waals surface area contributed by atoms with Crippen LogP contribution in [0.4, 0.5) is 0 Å². The Kier molecular flexibility index (Phi) is 5.17. The van der Waals surface area contributed by atoms with Gasteiger partial charge in [-0.3, -0.25) is 4.98 Å². The number of carbonyl (C=O) groups excluding carboxylic acids is 1. The topological polar surface area (TPSA) is 57.0 Å². The molecule has 0 aliphatic heterocycles. The lowest BCUT2D eigenvalue weighted by Crippen LogP contribution is -2.24. The van der Waals surface area contributed by atoms with E-state index in [1.165, 1.54) is 7.11 Å². The fourth-order valence-corrected chi connectivity index (χ4v) is 2.67. The van der Waals surface area contributed by atoms with Crippen molar-refractivity contribution in [1.82, 2.24) is 14.5 Å². The van der Waals surface area contributed by atoms with Gasteiger partial charge in [-0.1, -0.05) is 13.8 Å². The first-order valence-corrected chi connectivity index (χ1v) is 7.56. The van der Waals surface area contributed by atoms with Crippen LogP contribution in [0.2, 0.25) is 0 Å². The Morgan fingerprint density at radius 2 is 2.24 bits per heavy atom. The Bertz CT molecular complexity index is 624. The zero-order valence-electron chi connectivity index (χ0n) is 12.5. The second kappa shape index (κ2) is 6.89. The number of hydrogen-bond acceptors (Lipinski definition) is 4. The third kappa shape index (κ3) is 3.35. The van der Waals surface area contributed by atoms with Crippen molar-refractivity contribution < 1.29 is 9.53 Å². The molecule has 1 unspecified atom stereocenters. The molecular weight excluding hydrogens is 290 g/mol. The molecule has 0 bridgehead atoms. The van der Waals surface area contributed by atoms with Crippen LogP contribution < -0.4 is 0 Å². The van der Waals surface area contributed by atoms with Gasteiger partial charge in [0, 0.05) is 18.5 Å². The number of methoxy groups -OCH3 is 1. The van der Waals surface area contributed by atoms with Gasteiger partial charge in [-0.25, -0.2) is 9.78 Å². The predicted octanol–water partition coefficient (Wildman–Crippen LogP) is 2.97. The van der Waals surface area contributed by atoms with Crippen LogP contribution in [0.15, 0.2) is 18.5 Å². The number of ether oxygens (including phenoxy) is 1. The fourth-order valence-electron chi connectivity index (χ4n) is 2.50. The second-order valence-corrected chi connectivity index (χ2v) is 5.75. The van der Waals surface area contributed by atoms with Gasteiger partial charge in [0.1, 0.15) is 17.4 Å². The van der Waals surface area contributed by atoms with E-state index in [0.29, 0.717) is 24.6 Å². The van der Waals surface area contributed by atoms with Crippen LogP contribution in [-0.4, -0.2) is 33.5 Å². The van der Waals surface area contributed by atoms with E-state index in [-0.39, 0.29) is 12.0 Å². The summed E-state index contributed by atoms with van der Waals surface area (Å²) in [6, 6.07) is 1.48. The number of esters is 1. The number of aromatic nitrogens is 3. The number of aryl methyl sites for hydroxylation is 1. The van der Waals surface area contributed by atoms with E-state index < -0.39 is 0 Å². The maximum absolute atomic E-state index is 12.2. The number of halogens is 1. The molecule has 0 amide bonds. The average Bonchev–Trinajstić information content (AvgIpc) is 2.82. The number of hydrogen-bond donors (Lipinski definition) is 0. The maximum atomic E-state index is 12.2. The third-order valence-corrected chi connectivity index (χ3v) is 3.55. The molecule has 0 saturated heterocycles. The predicted molar refractivity (Wildman–Crippen MR) is 82.5 cm³/mol. The zero-order valence-corrected chi connectivity index (χ0v) is 13.3. The molecule has 0 fully saturated rings. The molecular formula is C15H20ClN3O2. The quantitative estimate of drug-likeness (QED) is 0.608. The van der Waals surface area contributed by atoms with E-state index in [0.717, 1.165) is 16.9 Å². The molecule has 0 aromatic carbocycles. The number of rotatable bonds is 6. The molecule has 21 heavy (non-hydrogen) atoms. The van der Waals surface area contributed by atoms with Gasteiger partial charge in [-0.15, -0.1) is 11.6 Å². The molecule has 2 rings (SSSR count). The van der Waals surface area contributed by atoms with Crippen LogP contribution in [-0.2, 0) is 16.0 Å². The SMILES string of the molecule is COC(=O)C(CC(C)C)n1c(CCCl)nc2cnccc21. The zero-order chi connectivity index (χ0) is 15.4. The fraction of sp³-hybridized carbons (Fsp3) is 0.533. The van der Waals surface area contributed by atoms with Crippen molar-refractivity contribution in [2.24, 2.45) is 5.92 Å². The van der Waals surface area contributed by atoms with Gasteiger partial charge in [0.15, 0.2) is 0 Å². The molecule has 0 spiro atoms. The van der Waals surface area contributed by atoms with Gasteiger partial charge in [-0.2, -0.15) is 0 Å². The molecule has 2 aromatic heterocycles. The minimum atomic E-state index is -0.388. The normalized spacial score (nSPS) is 12.8. The van der Waals surface area contributed by atoms with Crippen molar-refractivity contribution in [3.05, 3.63) is 24.3 Å². The number of nitrogens with zero attached hydrogens (tertiary/aromatic N) is 3. The highest BCUT2D eigenvalue weighted by Gasteiger charge is 2.27. The Morgan fingerprint density at radius 3 is 2.86 bits per heavy atom. The highest BCUT2D eigenvalue weighted by molar-refractivity contribution is 6.17. The molecule has 0 N–H and O–H groups in total. The largest absolute Gasteiger partial charge is 0.467 e. The summed E-state index contributed by atoms with van der Waals surface area (Å²) in [4.78, 5) is 20.9. The molecule has 0 aliphatic carbocycles. The summed E-state index contributed by atoms with van der Waals surface area (Å²) in [6.45, 7) is 4.16. The smallest absolute Gasteiger partial charge is 0.328 e. The Balaban J connectivity index is 2.58. The molecule has 0 saturated carbocycles. The van der Waals surface area contributed by atoms with Gasteiger partial charge in [-0.05, 0) is 18.4 Å². The summed E-state index contributed by atoms with van der Waals surface area (Å²) in [5.74, 6) is 1.35. The standard InChI is InChI=1S/C15H20ClN3O2/c1-10(2)8-13(15(20)21-3)19-12-5-7-17-9-11(12)18-14(19)4-6-16/h5,7,9-10,13H,4,6,8H2,1-3H3. The monoisotopic (exact) mass is 309 g/mol. The summed E-state index contributed by atoms with van der Waals surface area (Å²) in [6.07, 6.45) is 4.69. The second-order valence-electron chi connectivity index (χ2n) is 5.37. The molecule has 1 atom stereocenters. The summed E-state index contributed by atoms with van der Waals surface area (Å²) < 4.78 is 6.93. The van der Waals surface area contributed by atoms with Crippen LogP contribution in [0.3, 0.4) is 0 Å². The van der Waals surface area contributed by atoms with Crippen LogP contribution in [0.25, 0.3) is 11.0 Å². The highest BCUT2D eigenvalue weighted by Crippen LogP contribution is 2.27. The van der Waals surface area contributed by atoms with E-state index in [1.807, 2.05) is 10.6 Å². The van der Waals surface area contributed by atoms with Gasteiger partial charge in [0.25, 0.3) is 0 Å². The Labute approximate surface area is 129 Å². The van der Waals surface area contributed by atoms with Crippen molar-refractivity contribution in [1.29, 1.82) is 0 Å². The van der Waals surface area contributed by atoms with Gasteiger partial charge >= 0.3 is 5.97 Å². The van der Waals surface area contributed by atoms with Crippen molar-refractivity contribution in [2.75, 3.05) is 13.0 Å². The van der Waals surface area contributed by atoms with E-state index in [9.17, 15) is 4.79 Å². The molecule has 6 heteroatoms. The van der Waals surface area contributed by atoms with E-state index >= 15 is 0 Å². The van der Waals surface area contributed by atoms with Crippen molar-refractivity contribution >= 4 is 28.6 Å². The minimum Gasteiger partial charge on any atom is -0.467 e. The van der Waals surface area contributed by atoms with Crippen molar-refractivity contribution in [2.45, 2.75) is 32.7 Å². The first kappa shape index (κ1) is 15.8. The van der Waals surface area contributed by atoms with Crippen LogP contribution in [0.5, 0.6) is 0 Å². The number of imidazole rings is 1. The van der Waals surface area contributed by atoms with E-state index in [4.69, 9.17) is 16.3 Å². The first-order valence-electron chi connectivity index (χ1n) is 7.03. The maximum Gasteiger partial charge on any atom is 0.328 e. The van der Waals surface area contributed by atoms with E-state index in [1.54, 1.807) is 12.4 Å². The summed E-state index contributed by atoms with van der Waals surface area (Å²) in [7, 11) is 1.41. The lowest BCUT2D eigenvalue weighted by Gasteiger charge is -2.21. The third-order valence-electron chi connectivity index (χ3n) is 3.36. The number of carbonyl (C=O) groups is 1. The number of alkyl halides is 1. The van der Waals surface area contributed by atoms with Gasteiger partial charge < -0.3 is 9.30 Å². The molecule has 2 heterocycles. The van der Waals surface area contributed by atoms with Crippen molar-refractivity contribution in [3.8, 4) is 0 Å². The number of pyridine rings is 1. The average molecular weight is 310 g/mol. The lowest BCUT2D eigenvalue weighted by molar-refractivity contribution is -0.145. The van der Waals surface area contributed by atoms with Crippen molar-refractivity contribution in [3.63, 3.8) is 0 Å². The first-order chi connectivity index (χ1) is 10.1. The highest BCUT2D eigenvalue weighted by atomic mass is 35.5. The Morgan fingerprint density at radius 1 is 1.48 bits per heavy atom. The summed E-state index contributed by atoms with van der Waals surface area (Å²) in [5, 5.41) is 0. The molecule has 0 radical (unpaired) electrons. The number of fused-ring (bicyclic) bond motifs is 1. The van der Waals surface area contributed by atoms with Crippen LogP contribution in [0.1, 0.15) is 32.1 Å². The van der Waals surface area contributed by atoms with Gasteiger partial charge in [0.2, 0.25) is 0 Å². The Hall–Kier alpha value is -1.62. The summed E-state index contributed by atoms with van der Waals surface area (Å²) in [5.41, 5.74) is 1.66. The van der Waals surface area contributed by atoms with Crippen LogP contribution >= 0.6 is 11.6 Å². The summed E-state index contributed by atoms with van der Waals surface area (Å²) >= 11 is 5.87.